The average Bonchev–Trinajstić information content (AvgIpc) is 3.18. The van der Waals surface area contributed by atoms with Crippen molar-refractivity contribution >= 4 is 27.5 Å². The first kappa shape index (κ1) is 35.7. The number of rotatable bonds is 13. The maximum absolute atomic E-state index is 12.7. The van der Waals surface area contributed by atoms with E-state index in [0.717, 1.165) is 19.2 Å². The van der Waals surface area contributed by atoms with Crippen molar-refractivity contribution < 1.29 is 81.9 Å². The van der Waals surface area contributed by atoms with Crippen molar-refractivity contribution in [3.05, 3.63) is 45.4 Å². The van der Waals surface area contributed by atoms with Crippen LogP contribution in [0, 0.1) is 0 Å². The minimum Gasteiger partial charge on any atom is -0.862 e. The Kier molecular flexibility index (Phi) is 11.4. The molecular weight excluding hydrogens is 648 g/mol. The first-order valence-electron chi connectivity index (χ1n) is 12.1. The number of aliphatic carboxylic acids is 1. The molecule has 2 unspecified atom stereocenters. The Morgan fingerprint density at radius 3 is 2.36 bits per heavy atom. The van der Waals surface area contributed by atoms with E-state index in [4.69, 9.17) is 23.8 Å². The zero-order valence-electron chi connectivity index (χ0n) is 22.3. The summed E-state index contributed by atoms with van der Waals surface area (Å²) in [6, 6.07) is -1.02. The fourth-order valence-corrected chi connectivity index (χ4v) is 6.19. The van der Waals surface area contributed by atoms with E-state index in [2.05, 4.69) is 20.4 Å². The zero-order valence-corrected chi connectivity index (χ0v) is 24.1. The van der Waals surface area contributed by atoms with Gasteiger partial charge in [-0.1, -0.05) is 0 Å². The standard InChI is InChI=1S/C20H29N3O19P2/c1-7(18(30)31)38-16-12(21-8(2)25)19(40-9(5-24)14(16)28)41-44(35,36)42-43(33,34)37-6-10-13(27)15(29)17(39-10)23-4-3-11(26)22-20(23)32/h3-4,9-10,12-17,19,24,27-29H,1,5-6H2,2H3,(H,21,25)(H,30,31)(H,33,34)(H,35,36)(H,22,26,32)/p-1/t9-,10-,12-,13-,14-,15-,16-,17-,19-/m1/s1. The van der Waals surface area contributed by atoms with Crippen molar-refractivity contribution in [2.45, 2.75) is 62.1 Å². The number of hydrogen-bond donors (Lipinski definition) is 8. The van der Waals surface area contributed by atoms with E-state index < -0.39 is 113 Å². The van der Waals surface area contributed by atoms with Crippen LogP contribution in [0.2, 0.25) is 0 Å². The fourth-order valence-electron chi connectivity index (χ4n) is 4.03. The number of phosphoric acid groups is 2. The van der Waals surface area contributed by atoms with Crippen molar-refractivity contribution in [3.63, 3.8) is 0 Å². The Morgan fingerprint density at radius 1 is 1.14 bits per heavy atom. The number of aliphatic hydroxyl groups excluding tert-OH is 4. The molecule has 1 aromatic heterocycles. The number of carboxylic acids is 1. The Labute approximate surface area is 245 Å². The molecule has 0 spiro atoms. The van der Waals surface area contributed by atoms with Crippen LogP contribution in [0.25, 0.3) is 0 Å². The highest BCUT2D eigenvalue weighted by atomic mass is 31.3. The summed E-state index contributed by atoms with van der Waals surface area (Å²) in [6.07, 6.45) is -13.7. The predicted octanol–water partition coefficient (Wildman–Crippen LogP) is -4.38. The Bertz CT molecular complexity index is 1460. The normalized spacial score (nSPS) is 33.7. The highest BCUT2D eigenvalue weighted by Gasteiger charge is 2.51. The summed E-state index contributed by atoms with van der Waals surface area (Å²) in [5.41, 5.74) is -1.80. The average molecular weight is 676 g/mol. The fraction of sp³-hybridized carbons (Fsp3) is 0.600. The van der Waals surface area contributed by atoms with E-state index in [1.165, 1.54) is 0 Å². The summed E-state index contributed by atoms with van der Waals surface area (Å²) in [5.74, 6) is -3.68. The molecule has 2 fully saturated rings. The van der Waals surface area contributed by atoms with Crippen LogP contribution in [0.15, 0.2) is 39.2 Å². The zero-order chi connectivity index (χ0) is 33.1. The van der Waals surface area contributed by atoms with Gasteiger partial charge in [0.2, 0.25) is 0 Å². The van der Waals surface area contributed by atoms with E-state index in [0.29, 0.717) is 4.57 Å². The topological polar surface area (TPSA) is 338 Å². The van der Waals surface area contributed by atoms with Gasteiger partial charge in [-0.2, -0.15) is 4.31 Å². The highest BCUT2D eigenvalue weighted by Crippen LogP contribution is 2.61. The lowest BCUT2D eigenvalue weighted by molar-refractivity contribution is -0.250. The molecule has 0 aliphatic carbocycles. The van der Waals surface area contributed by atoms with Crippen LogP contribution in [0.3, 0.4) is 0 Å². The smallest absolute Gasteiger partial charge is 0.483 e. The predicted molar refractivity (Wildman–Crippen MR) is 135 cm³/mol. The van der Waals surface area contributed by atoms with Gasteiger partial charge in [0.15, 0.2) is 24.4 Å². The largest absolute Gasteiger partial charge is 0.862 e. The van der Waals surface area contributed by atoms with E-state index in [1.54, 1.807) is 0 Å². The minimum absolute atomic E-state index is 0.701. The van der Waals surface area contributed by atoms with Gasteiger partial charge in [0.05, 0.1) is 13.2 Å². The number of carbonyl (C=O) groups is 1. The van der Waals surface area contributed by atoms with Gasteiger partial charge < -0.3 is 54.6 Å². The molecule has 24 heteroatoms. The van der Waals surface area contributed by atoms with Gasteiger partial charge in [-0.05, 0) is 19.4 Å². The van der Waals surface area contributed by atoms with Gasteiger partial charge in [-0.15, -0.1) is 0 Å². The van der Waals surface area contributed by atoms with Gasteiger partial charge in [0.1, 0.15) is 36.6 Å². The minimum atomic E-state index is -5.78. The molecule has 0 aromatic carbocycles. The van der Waals surface area contributed by atoms with Crippen LogP contribution >= 0.6 is 15.6 Å². The first-order chi connectivity index (χ1) is 20.4. The van der Waals surface area contributed by atoms with E-state index in [1.807, 2.05) is 4.98 Å². The van der Waals surface area contributed by atoms with E-state index in [-0.39, 0.29) is 0 Å². The van der Waals surface area contributed by atoms with Crippen LogP contribution in [-0.4, -0.2) is 119 Å². The monoisotopic (exact) mass is 676 g/mol. The van der Waals surface area contributed by atoms with Crippen LogP contribution in [0.1, 0.15) is 13.2 Å². The Morgan fingerprint density at radius 2 is 1.80 bits per heavy atom. The molecule has 2 aliphatic heterocycles. The number of phosphoric ester groups is 2. The summed E-state index contributed by atoms with van der Waals surface area (Å²) in [7, 11) is -11.4. The number of nitrogens with one attached hydrogen (secondary N) is 1. The third kappa shape index (κ3) is 8.67. The van der Waals surface area contributed by atoms with Crippen LogP contribution in [-0.2, 0) is 41.5 Å². The van der Waals surface area contributed by atoms with Gasteiger partial charge in [0, 0.05) is 12.3 Å². The molecule has 3 heterocycles. The molecule has 2 saturated heterocycles. The number of nitrogens with zero attached hydrogens (tertiary/aromatic N) is 2. The molecule has 0 bridgehead atoms. The molecule has 1 aromatic rings. The van der Waals surface area contributed by atoms with Gasteiger partial charge in [-0.3, -0.25) is 28.4 Å². The van der Waals surface area contributed by atoms with Gasteiger partial charge in [0.25, 0.3) is 5.56 Å². The number of aromatic amines is 1. The molecule has 22 nitrogen and oxygen atoms in total. The maximum Gasteiger partial charge on any atom is 0.483 e. The summed E-state index contributed by atoms with van der Waals surface area (Å²) in [4.78, 5) is 60.1. The van der Waals surface area contributed by atoms with Crippen molar-refractivity contribution in [1.82, 2.24) is 9.55 Å². The molecule has 0 radical (unpaired) electrons. The number of aliphatic imine (C=N–C) groups is 1. The maximum atomic E-state index is 12.7. The number of H-pyrrole nitrogens is 1. The second kappa shape index (κ2) is 14.1. The first-order valence-corrected chi connectivity index (χ1v) is 15.1. The number of aliphatic hydroxyl groups is 4. The Hall–Kier alpha value is -2.82. The molecule has 0 amide bonds. The third-order valence-electron chi connectivity index (χ3n) is 5.98. The lowest BCUT2D eigenvalue weighted by Crippen LogP contribution is -2.59. The summed E-state index contributed by atoms with van der Waals surface area (Å²) >= 11 is 0. The van der Waals surface area contributed by atoms with Crippen molar-refractivity contribution in [2.75, 3.05) is 13.2 Å². The molecule has 2 aliphatic rings. The summed E-state index contributed by atoms with van der Waals surface area (Å²) in [6.45, 7) is 1.89. The summed E-state index contributed by atoms with van der Waals surface area (Å²) in [5, 5.41) is 61.3. The number of hydrogen-bond acceptors (Lipinski definition) is 17. The molecule has 3 rings (SSSR count). The Balaban J connectivity index is 1.73. The quantitative estimate of drug-likeness (QED) is 0.0321. The van der Waals surface area contributed by atoms with E-state index in [9.17, 15) is 58.8 Å². The molecule has 11 atom stereocenters. The number of ether oxygens (including phenoxy) is 3. The molecular formula is C20H28N3O19P2-. The van der Waals surface area contributed by atoms with Crippen molar-refractivity contribution in [1.29, 1.82) is 0 Å². The van der Waals surface area contributed by atoms with Crippen LogP contribution < -0.4 is 16.4 Å². The van der Waals surface area contributed by atoms with Crippen molar-refractivity contribution in [3.8, 4) is 0 Å². The van der Waals surface area contributed by atoms with Gasteiger partial charge in [-0.25, -0.2) is 18.7 Å². The summed E-state index contributed by atoms with van der Waals surface area (Å²) < 4.78 is 54.8. The SMILES string of the molecule is C=C(O[C@H]1[C@H](O)[C@@H](CO)O[C@H](OP(=O)(O)OP(=O)(O)OC[C@H]2O[C@@H](n3ccc(=O)[nH]c3=O)[C@H](O)[C@@H]2O)[C@@H]1N=C(C)[O-])C(=O)O. The number of carboxylic acid groups (broad SMARTS) is 1. The van der Waals surface area contributed by atoms with Crippen LogP contribution in [0.5, 0.6) is 0 Å². The van der Waals surface area contributed by atoms with Gasteiger partial charge >= 0.3 is 27.3 Å². The number of aromatic nitrogens is 2. The van der Waals surface area contributed by atoms with E-state index >= 15 is 0 Å². The molecule has 0 saturated carbocycles. The second-order valence-corrected chi connectivity index (χ2v) is 12.1. The lowest BCUT2D eigenvalue weighted by Gasteiger charge is -2.42. The molecule has 44 heavy (non-hydrogen) atoms. The van der Waals surface area contributed by atoms with Crippen molar-refractivity contribution in [2.24, 2.45) is 4.99 Å². The van der Waals surface area contributed by atoms with Crippen LogP contribution in [0.4, 0.5) is 0 Å². The highest BCUT2D eigenvalue weighted by molar-refractivity contribution is 7.61. The molecule has 8 N–H and O–H groups in total. The lowest BCUT2D eigenvalue weighted by atomic mass is 9.97. The second-order valence-electron chi connectivity index (χ2n) is 9.15. The molecule has 248 valence electrons. The third-order valence-corrected chi connectivity index (χ3v) is 8.58.